The van der Waals surface area contributed by atoms with Gasteiger partial charge in [-0.1, -0.05) is 42.0 Å². The van der Waals surface area contributed by atoms with Gasteiger partial charge in [0, 0.05) is 13.1 Å². The maximum Gasteiger partial charge on any atom is 0.305 e. The van der Waals surface area contributed by atoms with Gasteiger partial charge in [0.1, 0.15) is 5.75 Å². The maximum atomic E-state index is 10.9. The van der Waals surface area contributed by atoms with Gasteiger partial charge in [0.15, 0.2) is 0 Å². The molecule has 4 nitrogen and oxygen atoms in total. The number of rotatable bonds is 7. The lowest BCUT2D eigenvalue weighted by Crippen LogP contribution is -2.26. The Morgan fingerprint density at radius 3 is 2.45 bits per heavy atom. The van der Waals surface area contributed by atoms with E-state index < -0.39 is 5.97 Å². The number of nitrogens with zero attached hydrogens (tertiary/aromatic N) is 1. The molecule has 116 valence electrons. The Balaban J connectivity index is 2.25. The monoisotopic (exact) mass is 299 g/mol. The molecule has 0 amide bonds. The number of aryl methyl sites for hydroxylation is 1. The van der Waals surface area contributed by atoms with Crippen molar-refractivity contribution in [1.82, 2.24) is 0 Å². The summed E-state index contributed by atoms with van der Waals surface area (Å²) in [5, 5.41) is 8.98. The average molecular weight is 299 g/mol. The smallest absolute Gasteiger partial charge is 0.305 e. The van der Waals surface area contributed by atoms with Gasteiger partial charge in [-0.15, -0.1) is 0 Å². The molecule has 0 radical (unpaired) electrons. The molecule has 0 fully saturated rings. The topological polar surface area (TPSA) is 49.8 Å². The van der Waals surface area contributed by atoms with Crippen LogP contribution in [0.2, 0.25) is 0 Å². The molecule has 0 aliphatic carbocycles. The zero-order chi connectivity index (χ0) is 15.9. The molecule has 0 bridgehead atoms. The van der Waals surface area contributed by atoms with Crippen molar-refractivity contribution in [2.45, 2.75) is 19.9 Å². The highest BCUT2D eigenvalue weighted by atomic mass is 16.5. The normalized spacial score (nSPS) is 10.3. The second kappa shape index (κ2) is 7.50. The number of aliphatic carboxylic acids is 1. The number of methoxy groups -OCH3 is 1. The fourth-order valence-corrected chi connectivity index (χ4v) is 2.32. The molecular formula is C18H21NO3. The largest absolute Gasteiger partial charge is 0.495 e. The minimum absolute atomic E-state index is 0.0872. The highest BCUT2D eigenvalue weighted by Crippen LogP contribution is 2.29. The van der Waals surface area contributed by atoms with E-state index in [0.29, 0.717) is 13.1 Å². The summed E-state index contributed by atoms with van der Waals surface area (Å²) in [6.45, 7) is 3.13. The number of carboxylic acids is 1. The van der Waals surface area contributed by atoms with E-state index in [0.717, 1.165) is 17.0 Å². The number of carbonyl (C=O) groups is 1. The van der Waals surface area contributed by atoms with E-state index >= 15 is 0 Å². The highest BCUT2D eigenvalue weighted by molar-refractivity contribution is 5.68. The van der Waals surface area contributed by atoms with Crippen LogP contribution < -0.4 is 9.64 Å². The fourth-order valence-electron chi connectivity index (χ4n) is 2.32. The van der Waals surface area contributed by atoms with Gasteiger partial charge in [-0.2, -0.15) is 0 Å². The summed E-state index contributed by atoms with van der Waals surface area (Å²) in [4.78, 5) is 13.0. The molecule has 0 aromatic heterocycles. The van der Waals surface area contributed by atoms with Crippen LogP contribution in [0.1, 0.15) is 17.5 Å². The molecule has 0 unspecified atom stereocenters. The van der Waals surface area contributed by atoms with E-state index in [-0.39, 0.29) is 6.42 Å². The van der Waals surface area contributed by atoms with Crippen molar-refractivity contribution in [1.29, 1.82) is 0 Å². The molecule has 0 heterocycles. The van der Waals surface area contributed by atoms with Crippen LogP contribution in [-0.2, 0) is 11.3 Å². The van der Waals surface area contributed by atoms with Crippen LogP contribution >= 0.6 is 0 Å². The Bertz CT molecular complexity index is 622. The Morgan fingerprint density at radius 2 is 1.82 bits per heavy atom. The van der Waals surface area contributed by atoms with Crippen molar-refractivity contribution >= 4 is 11.7 Å². The van der Waals surface area contributed by atoms with E-state index in [1.165, 1.54) is 5.56 Å². The van der Waals surface area contributed by atoms with Crippen LogP contribution in [0, 0.1) is 6.92 Å². The summed E-state index contributed by atoms with van der Waals surface area (Å²) in [5.74, 6) is -0.0520. The Hall–Kier alpha value is -2.49. The van der Waals surface area contributed by atoms with Crippen molar-refractivity contribution in [3.63, 3.8) is 0 Å². The molecule has 1 N–H and O–H groups in total. The molecule has 4 heteroatoms. The molecule has 0 aliphatic rings. The number of para-hydroxylation sites is 2. The summed E-state index contributed by atoms with van der Waals surface area (Å²) in [7, 11) is 1.63. The molecule has 2 aromatic carbocycles. The van der Waals surface area contributed by atoms with Gasteiger partial charge in [0.05, 0.1) is 19.2 Å². The van der Waals surface area contributed by atoms with Crippen molar-refractivity contribution in [2.75, 3.05) is 18.6 Å². The SMILES string of the molecule is COc1ccccc1N(CCC(=O)O)Cc1ccc(C)cc1. The number of ether oxygens (including phenoxy) is 1. The molecule has 0 saturated heterocycles. The van der Waals surface area contributed by atoms with Gasteiger partial charge in [-0.05, 0) is 24.6 Å². The second-order valence-corrected chi connectivity index (χ2v) is 5.22. The maximum absolute atomic E-state index is 10.9. The number of carboxylic acid groups (broad SMARTS) is 1. The van der Waals surface area contributed by atoms with Crippen molar-refractivity contribution in [3.05, 3.63) is 59.7 Å². The highest BCUT2D eigenvalue weighted by Gasteiger charge is 2.13. The van der Waals surface area contributed by atoms with Crippen LogP contribution in [-0.4, -0.2) is 24.7 Å². The minimum atomic E-state index is -0.802. The second-order valence-electron chi connectivity index (χ2n) is 5.22. The van der Waals surface area contributed by atoms with Crippen LogP contribution in [0.15, 0.2) is 48.5 Å². The predicted octanol–water partition coefficient (Wildman–Crippen LogP) is 3.48. The first-order chi connectivity index (χ1) is 10.6. The third-order valence-electron chi connectivity index (χ3n) is 3.52. The van der Waals surface area contributed by atoms with Gasteiger partial charge in [-0.3, -0.25) is 4.79 Å². The molecule has 22 heavy (non-hydrogen) atoms. The lowest BCUT2D eigenvalue weighted by atomic mass is 10.1. The number of benzene rings is 2. The molecular weight excluding hydrogens is 278 g/mol. The molecule has 0 saturated carbocycles. The van der Waals surface area contributed by atoms with Crippen LogP contribution in [0.4, 0.5) is 5.69 Å². The van der Waals surface area contributed by atoms with E-state index in [9.17, 15) is 4.79 Å². The lowest BCUT2D eigenvalue weighted by molar-refractivity contribution is -0.136. The van der Waals surface area contributed by atoms with Crippen molar-refractivity contribution < 1.29 is 14.6 Å². The predicted molar refractivity (Wildman–Crippen MR) is 87.5 cm³/mol. The van der Waals surface area contributed by atoms with Crippen LogP contribution in [0.25, 0.3) is 0 Å². The van der Waals surface area contributed by atoms with Gasteiger partial charge in [0.25, 0.3) is 0 Å². The Labute approximate surface area is 131 Å². The molecule has 0 aliphatic heterocycles. The van der Waals surface area contributed by atoms with E-state index in [2.05, 4.69) is 24.3 Å². The number of hydrogen-bond acceptors (Lipinski definition) is 3. The van der Waals surface area contributed by atoms with Crippen LogP contribution in [0.3, 0.4) is 0 Å². The third-order valence-corrected chi connectivity index (χ3v) is 3.52. The molecule has 2 rings (SSSR count). The summed E-state index contributed by atoms with van der Waals surface area (Å²) in [6, 6.07) is 15.9. The van der Waals surface area contributed by atoms with E-state index in [1.807, 2.05) is 36.1 Å². The van der Waals surface area contributed by atoms with Crippen molar-refractivity contribution in [2.24, 2.45) is 0 Å². The van der Waals surface area contributed by atoms with Gasteiger partial charge >= 0.3 is 5.97 Å². The zero-order valence-corrected chi connectivity index (χ0v) is 13.0. The minimum Gasteiger partial charge on any atom is -0.495 e. The fraction of sp³-hybridized carbons (Fsp3) is 0.278. The lowest BCUT2D eigenvalue weighted by Gasteiger charge is -2.26. The first kappa shape index (κ1) is 15.9. The standard InChI is InChI=1S/C18H21NO3/c1-14-7-9-15(10-8-14)13-19(12-11-18(20)21)16-5-3-4-6-17(16)22-2/h3-10H,11-13H2,1-2H3,(H,20,21). The first-order valence-corrected chi connectivity index (χ1v) is 7.25. The van der Waals surface area contributed by atoms with Gasteiger partial charge in [0.2, 0.25) is 0 Å². The quantitative estimate of drug-likeness (QED) is 0.850. The first-order valence-electron chi connectivity index (χ1n) is 7.25. The summed E-state index contributed by atoms with van der Waals surface area (Å²) < 4.78 is 5.40. The van der Waals surface area contributed by atoms with Gasteiger partial charge < -0.3 is 14.7 Å². The van der Waals surface area contributed by atoms with E-state index in [1.54, 1.807) is 7.11 Å². The van der Waals surface area contributed by atoms with Crippen LogP contribution in [0.5, 0.6) is 5.75 Å². The molecule has 2 aromatic rings. The molecule has 0 spiro atoms. The number of hydrogen-bond donors (Lipinski definition) is 1. The van der Waals surface area contributed by atoms with Gasteiger partial charge in [-0.25, -0.2) is 0 Å². The zero-order valence-electron chi connectivity index (χ0n) is 13.0. The van der Waals surface area contributed by atoms with E-state index in [4.69, 9.17) is 9.84 Å². The van der Waals surface area contributed by atoms with Crippen molar-refractivity contribution in [3.8, 4) is 5.75 Å². The summed E-state index contributed by atoms with van der Waals surface area (Å²) >= 11 is 0. The number of anilines is 1. The third kappa shape index (κ3) is 4.25. The Kier molecular flexibility index (Phi) is 5.42. The summed E-state index contributed by atoms with van der Waals surface area (Å²) in [6.07, 6.45) is 0.0872. The Morgan fingerprint density at radius 1 is 1.14 bits per heavy atom. The molecule has 0 atom stereocenters. The average Bonchev–Trinajstić information content (AvgIpc) is 2.53. The summed E-state index contributed by atoms with van der Waals surface area (Å²) in [5.41, 5.74) is 3.26.